The van der Waals surface area contributed by atoms with Crippen molar-refractivity contribution in [2.24, 2.45) is 5.92 Å². The average Bonchev–Trinajstić information content (AvgIpc) is 2.61. The molecule has 1 atom stereocenters. The van der Waals surface area contributed by atoms with Gasteiger partial charge in [0.05, 0.1) is 6.61 Å². The number of rotatable bonds is 4. The van der Waals surface area contributed by atoms with E-state index in [4.69, 9.17) is 4.74 Å². The maximum atomic E-state index is 12.4. The van der Waals surface area contributed by atoms with Gasteiger partial charge in [-0.15, -0.1) is 0 Å². The molecule has 1 N–H and O–H groups in total. The number of amides is 1. The molecule has 1 aromatic carbocycles. The van der Waals surface area contributed by atoms with Crippen molar-refractivity contribution in [3.05, 3.63) is 29.8 Å². The Labute approximate surface area is 132 Å². The average molecular weight is 302 g/mol. The molecule has 0 aromatic heterocycles. The molecule has 0 bridgehead atoms. The van der Waals surface area contributed by atoms with Crippen LogP contribution in [0.25, 0.3) is 0 Å². The van der Waals surface area contributed by atoms with Gasteiger partial charge < -0.3 is 15.0 Å². The largest absolute Gasteiger partial charge is 0.493 e. The van der Waals surface area contributed by atoms with Gasteiger partial charge in [-0.2, -0.15) is 0 Å². The first kappa shape index (κ1) is 15.3. The van der Waals surface area contributed by atoms with Gasteiger partial charge in [0.15, 0.2) is 0 Å². The first-order chi connectivity index (χ1) is 10.8. The van der Waals surface area contributed by atoms with Crippen LogP contribution in [-0.4, -0.2) is 43.6 Å². The van der Waals surface area contributed by atoms with E-state index in [-0.39, 0.29) is 5.91 Å². The number of carbonyl (C=O) groups is 1. The fraction of sp³-hybridized carbons (Fsp3) is 0.611. The summed E-state index contributed by atoms with van der Waals surface area (Å²) < 4.78 is 5.86. The Kier molecular flexibility index (Phi) is 5.33. The van der Waals surface area contributed by atoms with Crippen LogP contribution in [0, 0.1) is 5.92 Å². The van der Waals surface area contributed by atoms with Gasteiger partial charge in [-0.3, -0.25) is 4.79 Å². The minimum Gasteiger partial charge on any atom is -0.493 e. The minimum absolute atomic E-state index is 0.155. The summed E-state index contributed by atoms with van der Waals surface area (Å²) in [4.78, 5) is 14.4. The highest BCUT2D eigenvalue weighted by atomic mass is 16.5. The molecule has 0 aliphatic carbocycles. The lowest BCUT2D eigenvalue weighted by atomic mass is 10.0. The van der Waals surface area contributed by atoms with Crippen LogP contribution in [-0.2, 0) is 0 Å². The first-order valence-electron chi connectivity index (χ1n) is 8.56. The van der Waals surface area contributed by atoms with Crippen molar-refractivity contribution in [2.45, 2.75) is 32.1 Å². The van der Waals surface area contributed by atoms with E-state index in [1.165, 1.54) is 19.3 Å². The van der Waals surface area contributed by atoms with Crippen LogP contribution >= 0.6 is 0 Å². The van der Waals surface area contributed by atoms with Gasteiger partial charge >= 0.3 is 0 Å². The van der Waals surface area contributed by atoms with E-state index in [0.29, 0.717) is 5.92 Å². The second kappa shape index (κ2) is 7.63. The summed E-state index contributed by atoms with van der Waals surface area (Å²) in [6, 6.07) is 7.64. The summed E-state index contributed by atoms with van der Waals surface area (Å²) in [6.45, 7) is 4.72. The van der Waals surface area contributed by atoms with Crippen LogP contribution in [0.4, 0.5) is 0 Å². The highest BCUT2D eigenvalue weighted by molar-refractivity contribution is 5.94. The molecule has 120 valence electrons. The van der Waals surface area contributed by atoms with E-state index >= 15 is 0 Å². The summed E-state index contributed by atoms with van der Waals surface area (Å²) >= 11 is 0. The Morgan fingerprint density at radius 2 is 1.91 bits per heavy atom. The predicted octanol–water partition coefficient (Wildman–Crippen LogP) is 2.69. The van der Waals surface area contributed by atoms with Crippen molar-refractivity contribution in [2.75, 3.05) is 32.8 Å². The van der Waals surface area contributed by atoms with E-state index in [0.717, 1.165) is 56.9 Å². The van der Waals surface area contributed by atoms with Gasteiger partial charge in [-0.05, 0) is 62.9 Å². The number of benzene rings is 1. The molecule has 4 heteroatoms. The van der Waals surface area contributed by atoms with Crippen LogP contribution in [0.3, 0.4) is 0 Å². The van der Waals surface area contributed by atoms with Crippen molar-refractivity contribution in [3.8, 4) is 5.75 Å². The highest BCUT2D eigenvalue weighted by Gasteiger charge is 2.18. The summed E-state index contributed by atoms with van der Waals surface area (Å²) in [5, 5.41) is 3.40. The van der Waals surface area contributed by atoms with Crippen molar-refractivity contribution >= 4 is 5.91 Å². The fourth-order valence-electron chi connectivity index (χ4n) is 3.25. The molecular weight excluding hydrogens is 276 g/mol. The molecule has 2 heterocycles. The Morgan fingerprint density at radius 1 is 1.14 bits per heavy atom. The molecule has 4 nitrogen and oxygen atoms in total. The predicted molar refractivity (Wildman–Crippen MR) is 87.3 cm³/mol. The second-order valence-electron chi connectivity index (χ2n) is 6.40. The highest BCUT2D eigenvalue weighted by Crippen LogP contribution is 2.18. The molecule has 1 amide bonds. The molecule has 2 fully saturated rings. The second-order valence-corrected chi connectivity index (χ2v) is 6.40. The Morgan fingerprint density at radius 3 is 2.59 bits per heavy atom. The van der Waals surface area contributed by atoms with Crippen LogP contribution in [0.5, 0.6) is 5.75 Å². The number of carbonyl (C=O) groups excluding carboxylic acids is 1. The van der Waals surface area contributed by atoms with Gasteiger partial charge in [0.2, 0.25) is 0 Å². The monoisotopic (exact) mass is 302 g/mol. The van der Waals surface area contributed by atoms with Gasteiger partial charge in [-0.1, -0.05) is 0 Å². The zero-order valence-corrected chi connectivity index (χ0v) is 13.2. The molecule has 22 heavy (non-hydrogen) atoms. The SMILES string of the molecule is O=C(c1ccc(OC[C@@H]2CCCNC2)cc1)N1CCCCC1. The number of hydrogen-bond donors (Lipinski definition) is 1. The van der Waals surface area contributed by atoms with Gasteiger partial charge in [0, 0.05) is 31.1 Å². The number of hydrogen-bond acceptors (Lipinski definition) is 3. The summed E-state index contributed by atoms with van der Waals surface area (Å²) in [5.41, 5.74) is 0.772. The Hall–Kier alpha value is -1.55. The Balaban J connectivity index is 1.51. The maximum absolute atomic E-state index is 12.4. The van der Waals surface area contributed by atoms with E-state index < -0.39 is 0 Å². The van der Waals surface area contributed by atoms with Crippen LogP contribution in [0.2, 0.25) is 0 Å². The quantitative estimate of drug-likeness (QED) is 0.930. The van der Waals surface area contributed by atoms with Gasteiger partial charge in [-0.25, -0.2) is 0 Å². The van der Waals surface area contributed by atoms with E-state index in [2.05, 4.69) is 5.32 Å². The van der Waals surface area contributed by atoms with Crippen molar-refractivity contribution in [3.63, 3.8) is 0 Å². The molecule has 2 aliphatic rings. The van der Waals surface area contributed by atoms with Crippen molar-refractivity contribution < 1.29 is 9.53 Å². The third kappa shape index (κ3) is 4.01. The molecule has 0 radical (unpaired) electrons. The maximum Gasteiger partial charge on any atom is 0.253 e. The van der Waals surface area contributed by atoms with Crippen molar-refractivity contribution in [1.29, 1.82) is 0 Å². The molecular formula is C18H26N2O2. The fourth-order valence-corrected chi connectivity index (χ4v) is 3.25. The molecule has 3 rings (SSSR count). The lowest BCUT2D eigenvalue weighted by Gasteiger charge is -2.26. The molecule has 0 unspecified atom stereocenters. The lowest BCUT2D eigenvalue weighted by molar-refractivity contribution is 0.0724. The molecule has 2 saturated heterocycles. The number of likely N-dealkylation sites (tertiary alicyclic amines) is 1. The third-order valence-electron chi connectivity index (χ3n) is 4.63. The first-order valence-corrected chi connectivity index (χ1v) is 8.56. The van der Waals surface area contributed by atoms with E-state index in [9.17, 15) is 4.79 Å². The topological polar surface area (TPSA) is 41.6 Å². The van der Waals surface area contributed by atoms with Gasteiger partial charge in [0.25, 0.3) is 5.91 Å². The van der Waals surface area contributed by atoms with Crippen LogP contribution in [0.15, 0.2) is 24.3 Å². The number of ether oxygens (including phenoxy) is 1. The summed E-state index contributed by atoms with van der Waals surface area (Å²) in [5.74, 6) is 1.62. The zero-order chi connectivity index (χ0) is 15.2. The normalized spacial score (nSPS) is 22.4. The van der Waals surface area contributed by atoms with Crippen LogP contribution in [0.1, 0.15) is 42.5 Å². The molecule has 0 saturated carbocycles. The molecule has 1 aromatic rings. The standard InChI is InChI=1S/C18H26N2O2/c21-18(20-11-2-1-3-12-20)16-6-8-17(9-7-16)22-14-15-5-4-10-19-13-15/h6-9,15,19H,1-5,10-14H2/t15-/m1/s1. The minimum atomic E-state index is 0.155. The van der Waals surface area contributed by atoms with Gasteiger partial charge in [0.1, 0.15) is 5.75 Å². The third-order valence-corrected chi connectivity index (χ3v) is 4.63. The van der Waals surface area contributed by atoms with E-state index in [1.54, 1.807) is 0 Å². The Bertz CT molecular complexity index is 474. The van der Waals surface area contributed by atoms with Crippen molar-refractivity contribution in [1.82, 2.24) is 10.2 Å². The number of nitrogens with one attached hydrogen (secondary N) is 1. The van der Waals surface area contributed by atoms with Crippen LogP contribution < -0.4 is 10.1 Å². The number of nitrogens with zero attached hydrogens (tertiary/aromatic N) is 1. The number of piperidine rings is 2. The molecule has 0 spiro atoms. The van der Waals surface area contributed by atoms with E-state index in [1.807, 2.05) is 29.2 Å². The lowest BCUT2D eigenvalue weighted by Crippen LogP contribution is -2.35. The summed E-state index contributed by atoms with van der Waals surface area (Å²) in [6.07, 6.45) is 5.97. The molecule has 2 aliphatic heterocycles. The summed E-state index contributed by atoms with van der Waals surface area (Å²) in [7, 11) is 0. The zero-order valence-electron chi connectivity index (χ0n) is 13.2. The smallest absolute Gasteiger partial charge is 0.253 e.